The Morgan fingerprint density at radius 3 is 3.50 bits per heavy atom. The van der Waals surface area contributed by atoms with Crippen molar-refractivity contribution in [1.82, 2.24) is 0 Å². The molecule has 0 saturated carbocycles. The molecule has 0 bridgehead atoms. The smallest absolute Gasteiger partial charge is 0.320 e. The Balaban J connectivity index is 3.58. The molecule has 0 aliphatic heterocycles. The van der Waals surface area contributed by atoms with Gasteiger partial charge in [0.25, 0.3) is 0 Å². The van der Waals surface area contributed by atoms with E-state index < -0.39 is 41.7 Å². The molecule has 1 atom stereocenters. The first-order chi connectivity index (χ1) is 8.97. The molecular formula is C9H11NO2. The maximum Gasteiger partial charge on any atom is 0.320 e. The van der Waals surface area contributed by atoms with Crippen LogP contribution in [0.3, 0.4) is 0 Å². The van der Waals surface area contributed by atoms with Gasteiger partial charge in [0, 0.05) is 2.74 Å². The van der Waals surface area contributed by atoms with Crippen LogP contribution in [0.2, 0.25) is 2.82 Å². The first-order valence-electron chi connectivity index (χ1n) is 6.96. The maximum absolute atomic E-state index is 11.1. The van der Waals surface area contributed by atoms with E-state index in [1.165, 1.54) is 0 Å². The SMILES string of the molecule is [2H]c1ccc(C([2H])([2H])[C@@]([2H])(C(=O)O)N([2H])[2H])c([2H])c1[2H]. The summed E-state index contributed by atoms with van der Waals surface area (Å²) < 4.78 is 59.3. The Morgan fingerprint density at radius 1 is 2.00 bits per heavy atom. The first kappa shape index (κ1) is 2.85. The van der Waals surface area contributed by atoms with Crippen molar-refractivity contribution >= 4 is 5.97 Å². The van der Waals surface area contributed by atoms with Crippen LogP contribution in [0.1, 0.15) is 13.8 Å². The van der Waals surface area contributed by atoms with Gasteiger partial charge in [0.15, 0.2) is 0 Å². The van der Waals surface area contributed by atoms with Gasteiger partial charge in [-0.05, 0) is 11.9 Å². The van der Waals surface area contributed by atoms with Gasteiger partial charge in [0.1, 0.15) is 8.84 Å². The van der Waals surface area contributed by atoms with Crippen molar-refractivity contribution in [2.75, 3.05) is 0 Å². The fraction of sp³-hybridized carbons (Fsp3) is 0.222. The zero-order valence-electron chi connectivity index (χ0n) is 14.0. The van der Waals surface area contributed by atoms with Crippen LogP contribution in [0.15, 0.2) is 30.3 Å². The number of hydrogen-bond donors (Lipinski definition) is 2. The van der Waals surface area contributed by atoms with Gasteiger partial charge in [-0.2, -0.15) is 0 Å². The van der Waals surface area contributed by atoms with Crippen molar-refractivity contribution in [3.05, 3.63) is 35.8 Å². The highest BCUT2D eigenvalue weighted by molar-refractivity contribution is 5.73. The third-order valence-corrected chi connectivity index (χ3v) is 1.06. The molecule has 1 aromatic carbocycles. The normalized spacial score (nSPS) is 26.1. The fourth-order valence-electron chi connectivity index (χ4n) is 0.566. The minimum absolute atomic E-state index is 0.353. The van der Waals surface area contributed by atoms with E-state index in [9.17, 15) is 4.79 Å². The van der Waals surface area contributed by atoms with Gasteiger partial charge in [-0.15, -0.1) is 0 Å². The number of carboxylic acid groups (broad SMARTS) is 1. The largest absolute Gasteiger partial charge is 0.480 e. The Morgan fingerprint density at radius 2 is 2.83 bits per heavy atom. The van der Waals surface area contributed by atoms with Crippen molar-refractivity contribution in [1.29, 1.82) is 0 Å². The summed E-state index contributed by atoms with van der Waals surface area (Å²) in [7, 11) is 0. The van der Waals surface area contributed by atoms with Gasteiger partial charge in [-0.25, -0.2) is 0 Å². The number of carbonyl (C=O) groups is 1. The molecule has 0 fully saturated rings. The second-order valence-corrected chi connectivity index (χ2v) is 1.92. The van der Waals surface area contributed by atoms with Crippen molar-refractivity contribution in [2.24, 2.45) is 5.72 Å². The maximum atomic E-state index is 11.1. The van der Waals surface area contributed by atoms with E-state index in [0.29, 0.717) is 0 Å². The summed E-state index contributed by atoms with van der Waals surface area (Å²) >= 11 is 0. The molecule has 0 heterocycles. The number of benzene rings is 1. The van der Waals surface area contributed by atoms with Gasteiger partial charge < -0.3 is 10.8 Å². The van der Waals surface area contributed by atoms with Crippen molar-refractivity contribution in [3.63, 3.8) is 0 Å². The van der Waals surface area contributed by atoms with E-state index in [1.807, 2.05) is 0 Å². The number of rotatable bonds is 4. The predicted octanol–water partition coefficient (Wildman–Crippen LogP) is 0.641. The monoisotopic (exact) mass is 173 g/mol. The standard InChI is InChI=1S/C9H11NO2/c10-8(9(11)12)6-7-4-2-1-3-5-7/h1-5,8H,6,10H2,(H,11,12)/t8-/m0/s1/i1D,2D,4D,6D2,8D/hD2. The van der Waals surface area contributed by atoms with E-state index >= 15 is 0 Å². The molecule has 3 heteroatoms. The minimum Gasteiger partial charge on any atom is -0.480 e. The Kier molecular flexibility index (Phi) is 0.921. The molecule has 0 amide bonds. The van der Waals surface area contributed by atoms with Gasteiger partial charge in [-0.1, -0.05) is 30.3 Å². The molecule has 0 unspecified atom stereocenters. The van der Waals surface area contributed by atoms with Crippen LogP contribution >= 0.6 is 0 Å². The lowest BCUT2D eigenvalue weighted by molar-refractivity contribution is -0.138. The number of nitrogens with two attached hydrogens (primary N) is 1. The van der Waals surface area contributed by atoms with Crippen LogP contribution in [0, 0.1) is 0 Å². The van der Waals surface area contributed by atoms with Gasteiger partial charge in [0.05, 0.1) is 5.48 Å². The summed E-state index contributed by atoms with van der Waals surface area (Å²) in [6.07, 6.45) is -3.11. The summed E-state index contributed by atoms with van der Waals surface area (Å²) in [5.41, 5.74) is -1.24. The molecule has 0 spiro atoms. The van der Waals surface area contributed by atoms with Crippen LogP contribution in [0.5, 0.6) is 0 Å². The molecular weight excluding hydrogens is 154 g/mol. The Labute approximate surface area is 82.2 Å². The van der Waals surface area contributed by atoms with Crippen molar-refractivity contribution in [3.8, 4) is 0 Å². The molecule has 0 saturated heterocycles. The predicted molar refractivity (Wildman–Crippen MR) is 45.8 cm³/mol. The molecule has 0 radical (unpaired) electrons. The molecule has 64 valence electrons. The van der Waals surface area contributed by atoms with E-state index in [-0.39, 0.29) is 6.04 Å². The topological polar surface area (TPSA) is 63.3 Å². The van der Waals surface area contributed by atoms with Crippen molar-refractivity contribution < 1.29 is 20.9 Å². The van der Waals surface area contributed by atoms with Crippen molar-refractivity contribution in [2.45, 2.75) is 12.4 Å². The van der Waals surface area contributed by atoms with Crippen LogP contribution in [-0.4, -0.2) is 17.1 Å². The lowest BCUT2D eigenvalue weighted by atomic mass is 10.1. The summed E-state index contributed by atoms with van der Waals surface area (Å²) in [5, 5.41) is 8.96. The fourth-order valence-corrected chi connectivity index (χ4v) is 0.566. The third-order valence-electron chi connectivity index (χ3n) is 1.06. The molecule has 0 aliphatic carbocycles. The van der Waals surface area contributed by atoms with E-state index in [4.69, 9.17) is 16.2 Å². The summed E-state index contributed by atoms with van der Waals surface area (Å²) in [5.74, 6) is -2.08. The van der Waals surface area contributed by atoms with E-state index in [2.05, 4.69) is 0 Å². The van der Waals surface area contributed by atoms with E-state index in [0.717, 1.165) is 12.1 Å². The highest BCUT2D eigenvalue weighted by atomic mass is 16.4. The summed E-state index contributed by atoms with van der Waals surface area (Å²) in [4.78, 5) is 11.1. The van der Waals surface area contributed by atoms with E-state index in [1.54, 1.807) is 0 Å². The number of hydrogen-bond acceptors (Lipinski definition) is 2. The van der Waals surface area contributed by atoms with Crippen LogP contribution in [0.4, 0.5) is 0 Å². The highest BCUT2D eigenvalue weighted by Crippen LogP contribution is 2.01. The highest BCUT2D eigenvalue weighted by Gasteiger charge is 2.10. The lowest BCUT2D eigenvalue weighted by Gasteiger charge is -2.04. The average molecular weight is 173 g/mol. The molecule has 3 nitrogen and oxygen atoms in total. The quantitative estimate of drug-likeness (QED) is 0.702. The molecule has 0 aromatic heterocycles. The second kappa shape index (κ2) is 3.88. The van der Waals surface area contributed by atoms with Gasteiger partial charge in [0.2, 0.25) is 0 Å². The van der Waals surface area contributed by atoms with Gasteiger partial charge in [-0.3, -0.25) is 4.79 Å². The molecule has 0 aliphatic rings. The average Bonchev–Trinajstić information content (AvgIpc) is 2.33. The number of aliphatic carboxylic acids is 1. The first-order valence-corrected chi connectivity index (χ1v) is 3.06. The summed E-state index contributed by atoms with van der Waals surface area (Å²) in [6, 6.07) is -3.14. The van der Waals surface area contributed by atoms with Crippen LogP contribution in [0.25, 0.3) is 0 Å². The minimum atomic E-state index is -3.32. The number of carboxylic acids is 1. The molecule has 1 rings (SSSR count). The second-order valence-electron chi connectivity index (χ2n) is 1.92. The van der Waals surface area contributed by atoms with Crippen LogP contribution in [-0.2, 0) is 11.2 Å². The van der Waals surface area contributed by atoms with Crippen LogP contribution < -0.4 is 5.72 Å². The third kappa shape index (κ3) is 2.36. The Hall–Kier alpha value is -1.35. The lowest BCUT2D eigenvalue weighted by Crippen LogP contribution is -2.32. The zero-order chi connectivity index (χ0) is 15.9. The zero-order valence-corrected chi connectivity index (χ0v) is 5.96. The molecule has 12 heavy (non-hydrogen) atoms. The summed E-state index contributed by atoms with van der Waals surface area (Å²) in [6.45, 7) is 0. The molecule has 1 aromatic rings. The molecule has 3 N–H and O–H groups in total. The Bertz CT molecular complexity index is 549. The van der Waals surface area contributed by atoms with Gasteiger partial charge >= 0.3 is 5.97 Å².